The fraction of sp³-hybridized carbons (Fsp3) is 0.519. The minimum Gasteiger partial charge on any atom is -0.372 e. The highest BCUT2D eigenvalue weighted by Gasteiger charge is 2.39. The molecule has 0 unspecified atom stereocenters. The maximum absolute atomic E-state index is 13.4. The van der Waals surface area contributed by atoms with Crippen LogP contribution in [-0.2, 0) is 15.7 Å². The summed E-state index contributed by atoms with van der Waals surface area (Å²) >= 11 is 0. The van der Waals surface area contributed by atoms with Crippen LogP contribution in [0.15, 0.2) is 42.5 Å². The number of carbonyl (C=O) groups is 1. The molecule has 8 nitrogen and oxygen atoms in total. The first-order chi connectivity index (χ1) is 18.0. The molecule has 38 heavy (non-hydrogen) atoms. The lowest BCUT2D eigenvalue weighted by molar-refractivity contribution is -0.388. The molecular formula is C27H33F3N4O4. The van der Waals surface area contributed by atoms with E-state index in [9.17, 15) is 28.1 Å². The molecule has 1 aliphatic heterocycles. The lowest BCUT2D eigenvalue weighted by Gasteiger charge is -2.37. The summed E-state index contributed by atoms with van der Waals surface area (Å²) in [6.07, 6.45) is -2.16. The summed E-state index contributed by atoms with van der Waals surface area (Å²) in [6, 6.07) is 11.4. The molecule has 1 saturated heterocycles. The van der Waals surface area contributed by atoms with E-state index in [0.29, 0.717) is 38.8 Å². The van der Waals surface area contributed by atoms with Crippen molar-refractivity contribution in [2.45, 2.75) is 50.9 Å². The number of nitrogens with zero attached hydrogens (tertiary/aromatic N) is 4. The highest BCUT2D eigenvalue weighted by molar-refractivity contribution is 5.77. The van der Waals surface area contributed by atoms with Crippen molar-refractivity contribution in [3.05, 3.63) is 63.7 Å². The largest absolute Gasteiger partial charge is 0.423 e. The van der Waals surface area contributed by atoms with Crippen molar-refractivity contribution in [3.63, 3.8) is 0 Å². The van der Waals surface area contributed by atoms with Crippen molar-refractivity contribution in [2.24, 2.45) is 0 Å². The number of anilines is 2. The molecule has 1 amide bonds. The summed E-state index contributed by atoms with van der Waals surface area (Å²) in [5.74, 6) is -0.0293. The lowest BCUT2D eigenvalue weighted by Crippen LogP contribution is -2.50. The van der Waals surface area contributed by atoms with Gasteiger partial charge < -0.3 is 19.4 Å². The van der Waals surface area contributed by atoms with Crippen molar-refractivity contribution in [3.8, 4) is 0 Å². The van der Waals surface area contributed by atoms with Gasteiger partial charge in [0.05, 0.1) is 11.0 Å². The molecule has 1 aliphatic carbocycles. The van der Waals surface area contributed by atoms with Crippen molar-refractivity contribution < 1.29 is 27.6 Å². The second kappa shape index (κ2) is 11.6. The van der Waals surface area contributed by atoms with E-state index in [4.69, 9.17) is 4.74 Å². The van der Waals surface area contributed by atoms with Crippen molar-refractivity contribution in [1.29, 1.82) is 0 Å². The monoisotopic (exact) mass is 534 g/mol. The highest BCUT2D eigenvalue weighted by atomic mass is 19.4. The summed E-state index contributed by atoms with van der Waals surface area (Å²) < 4.78 is 46.0. The fourth-order valence-corrected chi connectivity index (χ4v) is 5.19. The number of hydrogen-bond donors (Lipinski definition) is 0. The van der Waals surface area contributed by atoms with E-state index >= 15 is 0 Å². The molecule has 4 rings (SSSR count). The average Bonchev–Trinajstić information content (AvgIpc) is 2.91. The second-order valence-corrected chi connectivity index (χ2v) is 10.0. The smallest absolute Gasteiger partial charge is 0.372 e. The molecule has 0 spiro atoms. The second-order valence-electron chi connectivity index (χ2n) is 10.0. The number of alkyl halides is 3. The van der Waals surface area contributed by atoms with Crippen molar-refractivity contribution in [2.75, 3.05) is 49.6 Å². The molecule has 0 radical (unpaired) electrons. The van der Waals surface area contributed by atoms with E-state index in [0.717, 1.165) is 30.9 Å². The number of rotatable bonds is 7. The summed E-state index contributed by atoms with van der Waals surface area (Å²) in [7, 11) is 1.70. The number of amides is 1. The molecule has 0 atom stereocenters. The van der Waals surface area contributed by atoms with Crippen LogP contribution in [0.1, 0.15) is 36.8 Å². The van der Waals surface area contributed by atoms with Crippen LogP contribution in [0, 0.1) is 17.0 Å². The molecule has 1 saturated carbocycles. The van der Waals surface area contributed by atoms with E-state index in [1.807, 2.05) is 4.90 Å². The Morgan fingerprint density at radius 2 is 1.68 bits per heavy atom. The summed E-state index contributed by atoms with van der Waals surface area (Å²) in [4.78, 5) is 28.6. The van der Waals surface area contributed by atoms with Gasteiger partial charge in [0.15, 0.2) is 0 Å². The minimum absolute atomic E-state index is 0.0208. The number of benzene rings is 2. The van der Waals surface area contributed by atoms with Crippen LogP contribution in [0.3, 0.4) is 0 Å². The number of piperazine rings is 1. The van der Waals surface area contributed by atoms with Gasteiger partial charge in [-0.05, 0) is 56.9 Å². The number of aryl methyl sites for hydroxylation is 1. The topological polar surface area (TPSA) is 79.2 Å². The normalized spacial score (nSPS) is 20.3. The Kier molecular flexibility index (Phi) is 8.44. The van der Waals surface area contributed by atoms with Gasteiger partial charge in [-0.3, -0.25) is 14.9 Å². The zero-order valence-electron chi connectivity index (χ0n) is 21.6. The fourth-order valence-electron chi connectivity index (χ4n) is 5.19. The molecule has 206 valence electrons. The average molecular weight is 535 g/mol. The van der Waals surface area contributed by atoms with Crippen LogP contribution in [0.4, 0.5) is 30.2 Å². The number of nitro benzene ring substituents is 1. The zero-order chi connectivity index (χ0) is 27.4. The van der Waals surface area contributed by atoms with E-state index < -0.39 is 22.4 Å². The van der Waals surface area contributed by atoms with Crippen LogP contribution in [0.25, 0.3) is 0 Å². The molecule has 2 aromatic carbocycles. The van der Waals surface area contributed by atoms with Crippen LogP contribution < -0.4 is 9.80 Å². The minimum atomic E-state index is -4.81. The Labute approximate surface area is 220 Å². The molecule has 2 aromatic rings. The maximum Gasteiger partial charge on any atom is 0.423 e. The van der Waals surface area contributed by atoms with E-state index in [1.54, 1.807) is 11.9 Å². The van der Waals surface area contributed by atoms with Gasteiger partial charge in [0.2, 0.25) is 5.91 Å². The van der Waals surface area contributed by atoms with Gasteiger partial charge in [-0.15, -0.1) is 0 Å². The van der Waals surface area contributed by atoms with E-state index in [-0.39, 0.29) is 30.3 Å². The molecule has 0 bridgehead atoms. The van der Waals surface area contributed by atoms with Crippen LogP contribution in [0.2, 0.25) is 0 Å². The first-order valence-corrected chi connectivity index (χ1v) is 12.8. The molecule has 2 fully saturated rings. The van der Waals surface area contributed by atoms with Crippen molar-refractivity contribution in [1.82, 2.24) is 4.90 Å². The predicted molar refractivity (Wildman–Crippen MR) is 138 cm³/mol. The number of carbonyl (C=O) groups excluding carboxylic acids is 1. The third-order valence-corrected chi connectivity index (χ3v) is 7.55. The summed E-state index contributed by atoms with van der Waals surface area (Å²) in [5, 5.41) is 11.0. The van der Waals surface area contributed by atoms with Gasteiger partial charge in [-0.25, -0.2) is 0 Å². The SMILES string of the molecule is Cc1ccc(N2CCN(C(=O)COC3CCC(N(C)c4ccc([N+](=O)[O-])c(C(F)(F)F)c4)CC3)CC2)cc1. The first-order valence-electron chi connectivity index (χ1n) is 12.8. The molecule has 0 N–H and O–H groups in total. The van der Waals surface area contributed by atoms with Crippen molar-refractivity contribution >= 4 is 23.0 Å². The maximum atomic E-state index is 13.4. The Morgan fingerprint density at radius 1 is 1.05 bits per heavy atom. The Morgan fingerprint density at radius 3 is 2.26 bits per heavy atom. The zero-order valence-corrected chi connectivity index (χ0v) is 21.6. The van der Waals surface area contributed by atoms with E-state index in [2.05, 4.69) is 36.1 Å². The lowest BCUT2D eigenvalue weighted by atomic mass is 9.91. The van der Waals surface area contributed by atoms with Crippen LogP contribution in [-0.4, -0.2) is 67.7 Å². The van der Waals surface area contributed by atoms with Gasteiger partial charge in [0.1, 0.15) is 12.2 Å². The number of ether oxygens (including phenoxy) is 1. The standard InChI is InChI=1S/C27H33F3N4O4/c1-19-3-5-21(6-4-19)32-13-15-33(16-14-32)26(35)18-38-23-10-7-20(8-11-23)31(2)22-9-12-25(34(36)37)24(17-22)27(28,29)30/h3-6,9,12,17,20,23H,7-8,10-11,13-16,18H2,1-2H3. The quantitative estimate of drug-likeness (QED) is 0.366. The third kappa shape index (κ3) is 6.56. The Bertz CT molecular complexity index is 1130. The van der Waals surface area contributed by atoms with Gasteiger partial charge in [-0.1, -0.05) is 17.7 Å². The molecule has 0 aromatic heterocycles. The number of halogens is 3. The summed E-state index contributed by atoms with van der Waals surface area (Å²) in [6.45, 7) is 4.89. The highest BCUT2D eigenvalue weighted by Crippen LogP contribution is 2.39. The third-order valence-electron chi connectivity index (χ3n) is 7.55. The molecule has 1 heterocycles. The first kappa shape index (κ1) is 27.7. The Balaban J connectivity index is 1.23. The van der Waals surface area contributed by atoms with E-state index in [1.165, 1.54) is 11.6 Å². The van der Waals surface area contributed by atoms with Gasteiger partial charge >= 0.3 is 6.18 Å². The molecule has 11 heteroatoms. The predicted octanol–water partition coefficient (Wildman–Crippen LogP) is 5.03. The van der Waals surface area contributed by atoms with Gasteiger partial charge in [0, 0.05) is 56.7 Å². The molecular weight excluding hydrogens is 501 g/mol. The number of hydrogen-bond acceptors (Lipinski definition) is 6. The number of nitro groups is 1. The van der Waals surface area contributed by atoms with Gasteiger partial charge in [-0.2, -0.15) is 13.2 Å². The Hall–Kier alpha value is -3.34. The van der Waals surface area contributed by atoms with Gasteiger partial charge in [0.25, 0.3) is 5.69 Å². The van der Waals surface area contributed by atoms with Crippen LogP contribution >= 0.6 is 0 Å². The summed E-state index contributed by atoms with van der Waals surface area (Å²) in [5.41, 5.74) is 0.452. The molecule has 2 aliphatic rings. The van der Waals surface area contributed by atoms with Crippen LogP contribution in [0.5, 0.6) is 0 Å².